The number of carbonyl (C=O) groups is 3. The topological polar surface area (TPSA) is 66.5 Å². The number of hydrogen-bond acceptors (Lipinski definition) is 4. The summed E-state index contributed by atoms with van der Waals surface area (Å²) in [6.45, 7) is 2.61. The predicted octanol–water partition coefficient (Wildman–Crippen LogP) is 2.32. The molecule has 5 nitrogen and oxygen atoms in total. The van der Waals surface area contributed by atoms with E-state index in [0.717, 1.165) is 17.7 Å². The van der Waals surface area contributed by atoms with Crippen LogP contribution in [-0.4, -0.2) is 47.2 Å². The van der Waals surface area contributed by atoms with Crippen LogP contribution in [0.15, 0.2) is 24.3 Å². The van der Waals surface area contributed by atoms with Gasteiger partial charge in [0.25, 0.3) is 11.8 Å². The minimum Gasteiger partial charge on any atom is -0.354 e. The van der Waals surface area contributed by atoms with Crippen molar-refractivity contribution >= 4 is 29.5 Å². The summed E-state index contributed by atoms with van der Waals surface area (Å²) < 4.78 is 0. The minimum atomic E-state index is -0.744. The highest BCUT2D eigenvalue weighted by atomic mass is 32.2. The molecular weight excluding hydrogens is 312 g/mol. The van der Waals surface area contributed by atoms with Gasteiger partial charge in [0.1, 0.15) is 6.04 Å². The second-order valence-corrected chi connectivity index (χ2v) is 6.45. The van der Waals surface area contributed by atoms with Crippen LogP contribution in [0, 0.1) is 0 Å². The fraction of sp³-hybridized carbons (Fsp3) is 0.471. The first-order valence-electron chi connectivity index (χ1n) is 7.85. The van der Waals surface area contributed by atoms with Crippen molar-refractivity contribution in [1.82, 2.24) is 10.2 Å². The fourth-order valence-electron chi connectivity index (χ4n) is 2.60. The Morgan fingerprint density at radius 3 is 2.35 bits per heavy atom. The molecule has 1 aromatic rings. The normalized spacial score (nSPS) is 14.8. The maximum Gasteiger partial charge on any atom is 0.262 e. The zero-order valence-corrected chi connectivity index (χ0v) is 14.3. The van der Waals surface area contributed by atoms with E-state index < -0.39 is 6.04 Å². The van der Waals surface area contributed by atoms with Crippen LogP contribution >= 0.6 is 11.8 Å². The Kier molecular flexibility index (Phi) is 6.21. The summed E-state index contributed by atoms with van der Waals surface area (Å²) in [5.41, 5.74) is 0.765. The van der Waals surface area contributed by atoms with Crippen LogP contribution in [0.25, 0.3) is 0 Å². The molecule has 1 aliphatic heterocycles. The van der Waals surface area contributed by atoms with Crippen molar-refractivity contribution in [2.75, 3.05) is 18.6 Å². The molecule has 1 unspecified atom stereocenters. The monoisotopic (exact) mass is 334 g/mol. The Labute approximate surface area is 140 Å². The lowest BCUT2D eigenvalue weighted by Crippen LogP contribution is -2.50. The summed E-state index contributed by atoms with van der Waals surface area (Å²) >= 11 is 1.59. The van der Waals surface area contributed by atoms with Crippen molar-refractivity contribution in [2.45, 2.75) is 32.2 Å². The Balaban J connectivity index is 2.21. The quantitative estimate of drug-likeness (QED) is 0.585. The lowest BCUT2D eigenvalue weighted by molar-refractivity contribution is -0.125. The molecule has 0 saturated carbocycles. The molecule has 1 N–H and O–H groups in total. The van der Waals surface area contributed by atoms with Gasteiger partial charge in [0.15, 0.2) is 0 Å². The van der Waals surface area contributed by atoms with E-state index in [4.69, 9.17) is 0 Å². The third-order valence-electron chi connectivity index (χ3n) is 3.86. The standard InChI is InChI=1S/C17H22N2O3S/c1-3-4-10-18-15(20)14(9-11-23-2)19-16(21)12-7-5-6-8-13(12)17(19)22/h5-8,14H,3-4,9-11H2,1-2H3,(H,18,20). The van der Waals surface area contributed by atoms with Gasteiger partial charge in [0.2, 0.25) is 5.91 Å². The Hall–Kier alpha value is -1.82. The average Bonchev–Trinajstić information content (AvgIpc) is 2.81. The molecule has 0 bridgehead atoms. The molecule has 0 spiro atoms. The molecule has 2 rings (SSSR count). The Morgan fingerprint density at radius 1 is 1.22 bits per heavy atom. The molecule has 1 aliphatic rings. The first-order chi connectivity index (χ1) is 11.1. The summed E-state index contributed by atoms with van der Waals surface area (Å²) in [6, 6.07) is 5.98. The van der Waals surface area contributed by atoms with Crippen LogP contribution in [-0.2, 0) is 4.79 Å². The minimum absolute atomic E-state index is 0.248. The molecule has 0 radical (unpaired) electrons. The van der Waals surface area contributed by atoms with Crippen molar-refractivity contribution in [3.05, 3.63) is 35.4 Å². The van der Waals surface area contributed by atoms with Gasteiger partial charge < -0.3 is 5.32 Å². The van der Waals surface area contributed by atoms with Gasteiger partial charge in [-0.2, -0.15) is 11.8 Å². The molecule has 6 heteroatoms. The van der Waals surface area contributed by atoms with Gasteiger partial charge in [-0.05, 0) is 37.0 Å². The van der Waals surface area contributed by atoms with E-state index in [1.54, 1.807) is 36.0 Å². The van der Waals surface area contributed by atoms with Gasteiger partial charge in [-0.1, -0.05) is 25.5 Å². The number of carbonyl (C=O) groups excluding carboxylic acids is 3. The van der Waals surface area contributed by atoms with Gasteiger partial charge >= 0.3 is 0 Å². The Morgan fingerprint density at radius 2 is 1.83 bits per heavy atom. The number of fused-ring (bicyclic) bond motifs is 1. The zero-order chi connectivity index (χ0) is 16.8. The van der Waals surface area contributed by atoms with E-state index in [0.29, 0.717) is 29.8 Å². The summed E-state index contributed by atoms with van der Waals surface area (Å²) in [7, 11) is 0. The molecule has 0 saturated heterocycles. The first-order valence-corrected chi connectivity index (χ1v) is 9.24. The van der Waals surface area contributed by atoms with E-state index in [-0.39, 0.29) is 17.7 Å². The summed E-state index contributed by atoms with van der Waals surface area (Å²) in [4.78, 5) is 38.7. The van der Waals surface area contributed by atoms with Gasteiger partial charge in [0.05, 0.1) is 11.1 Å². The highest BCUT2D eigenvalue weighted by molar-refractivity contribution is 7.98. The number of hydrogen-bond donors (Lipinski definition) is 1. The summed E-state index contributed by atoms with van der Waals surface area (Å²) in [5, 5.41) is 2.84. The second-order valence-electron chi connectivity index (χ2n) is 5.47. The van der Waals surface area contributed by atoms with Crippen molar-refractivity contribution in [2.24, 2.45) is 0 Å². The van der Waals surface area contributed by atoms with Gasteiger partial charge in [0, 0.05) is 6.54 Å². The number of rotatable bonds is 8. The average molecular weight is 334 g/mol. The molecule has 1 atom stereocenters. The summed E-state index contributed by atoms with van der Waals surface area (Å²) in [5.74, 6) is -0.286. The molecule has 1 heterocycles. The van der Waals surface area contributed by atoms with E-state index in [9.17, 15) is 14.4 Å². The number of benzene rings is 1. The maximum atomic E-state index is 12.6. The van der Waals surface area contributed by atoms with E-state index >= 15 is 0 Å². The Bertz CT molecular complexity index is 568. The molecular formula is C17H22N2O3S. The van der Waals surface area contributed by atoms with Crippen LogP contribution in [0.4, 0.5) is 0 Å². The van der Waals surface area contributed by atoms with Crippen LogP contribution in [0.5, 0.6) is 0 Å². The van der Waals surface area contributed by atoms with Crippen molar-refractivity contribution in [1.29, 1.82) is 0 Å². The third-order valence-corrected chi connectivity index (χ3v) is 4.51. The fourth-order valence-corrected chi connectivity index (χ4v) is 3.06. The SMILES string of the molecule is CCCCNC(=O)C(CCSC)N1C(=O)c2ccccc2C1=O. The zero-order valence-electron chi connectivity index (χ0n) is 13.5. The first kappa shape index (κ1) is 17.5. The van der Waals surface area contributed by atoms with E-state index in [1.165, 1.54) is 0 Å². The van der Waals surface area contributed by atoms with Crippen LogP contribution in [0.3, 0.4) is 0 Å². The van der Waals surface area contributed by atoms with Crippen molar-refractivity contribution < 1.29 is 14.4 Å². The van der Waals surface area contributed by atoms with Gasteiger partial charge in [-0.25, -0.2) is 0 Å². The van der Waals surface area contributed by atoms with E-state index in [1.807, 2.05) is 13.2 Å². The van der Waals surface area contributed by atoms with Crippen LogP contribution < -0.4 is 5.32 Å². The highest BCUT2D eigenvalue weighted by Gasteiger charge is 2.42. The number of thioether (sulfide) groups is 1. The van der Waals surface area contributed by atoms with Crippen molar-refractivity contribution in [3.63, 3.8) is 0 Å². The lowest BCUT2D eigenvalue weighted by atomic mass is 10.1. The molecule has 124 valence electrons. The smallest absolute Gasteiger partial charge is 0.262 e. The number of nitrogens with one attached hydrogen (secondary N) is 1. The predicted molar refractivity (Wildman–Crippen MR) is 91.6 cm³/mol. The molecule has 0 aromatic heterocycles. The number of amides is 3. The molecule has 0 fully saturated rings. The maximum absolute atomic E-state index is 12.6. The highest BCUT2D eigenvalue weighted by Crippen LogP contribution is 2.26. The van der Waals surface area contributed by atoms with Gasteiger partial charge in [-0.3, -0.25) is 19.3 Å². The lowest BCUT2D eigenvalue weighted by Gasteiger charge is -2.25. The molecule has 1 aromatic carbocycles. The van der Waals surface area contributed by atoms with Crippen LogP contribution in [0.1, 0.15) is 46.9 Å². The largest absolute Gasteiger partial charge is 0.354 e. The molecule has 0 aliphatic carbocycles. The van der Waals surface area contributed by atoms with E-state index in [2.05, 4.69) is 5.32 Å². The summed E-state index contributed by atoms with van der Waals surface area (Å²) in [6.07, 6.45) is 4.25. The van der Waals surface area contributed by atoms with Crippen molar-refractivity contribution in [3.8, 4) is 0 Å². The number of unbranched alkanes of at least 4 members (excludes halogenated alkanes) is 1. The number of imide groups is 1. The molecule has 3 amide bonds. The van der Waals surface area contributed by atoms with Crippen LogP contribution in [0.2, 0.25) is 0 Å². The third kappa shape index (κ3) is 3.75. The second kappa shape index (κ2) is 8.15. The molecule has 23 heavy (non-hydrogen) atoms. The van der Waals surface area contributed by atoms with Gasteiger partial charge in [-0.15, -0.1) is 0 Å². The number of nitrogens with zero attached hydrogens (tertiary/aromatic N) is 1.